The molecule has 3 nitrogen and oxygen atoms in total. The third kappa shape index (κ3) is 3.07. The number of alkyl halides is 4. The minimum atomic E-state index is -4.18. The summed E-state index contributed by atoms with van der Waals surface area (Å²) in [5.74, 6) is -5.38. The topological polar surface area (TPSA) is 55.1 Å². The van der Waals surface area contributed by atoms with E-state index in [-0.39, 0.29) is 6.04 Å². The fourth-order valence-electron chi connectivity index (χ4n) is 1.73. The molecule has 1 saturated carbocycles. The first kappa shape index (κ1) is 13.2. The van der Waals surface area contributed by atoms with Gasteiger partial charge in [0.2, 0.25) is 5.91 Å². The summed E-state index contributed by atoms with van der Waals surface area (Å²) < 4.78 is 48.6. The van der Waals surface area contributed by atoms with Crippen LogP contribution in [0, 0.1) is 5.92 Å². The molecule has 0 radical (unpaired) electrons. The summed E-state index contributed by atoms with van der Waals surface area (Å²) in [5, 5.41) is 1.83. The maximum Gasteiger partial charge on any atom is 0.324 e. The number of halogens is 4. The molecule has 0 aliphatic heterocycles. The number of nitrogens with one attached hydrogen (secondary N) is 1. The van der Waals surface area contributed by atoms with Crippen LogP contribution >= 0.6 is 0 Å². The SMILES string of the molecule is NC1CCCC1C(=O)NCC(F)(F)C(F)F. The molecule has 7 heteroatoms. The van der Waals surface area contributed by atoms with Gasteiger partial charge in [0.25, 0.3) is 0 Å². The highest BCUT2D eigenvalue weighted by Gasteiger charge is 2.41. The van der Waals surface area contributed by atoms with Crippen LogP contribution in [0.3, 0.4) is 0 Å². The van der Waals surface area contributed by atoms with Crippen LogP contribution in [-0.2, 0) is 4.79 Å². The van der Waals surface area contributed by atoms with Crippen molar-refractivity contribution in [2.75, 3.05) is 6.54 Å². The smallest absolute Gasteiger partial charge is 0.324 e. The molecule has 3 N–H and O–H groups in total. The minimum Gasteiger partial charge on any atom is -0.350 e. The molecular formula is C9H14F4N2O. The molecule has 16 heavy (non-hydrogen) atoms. The maximum atomic E-state index is 12.5. The lowest BCUT2D eigenvalue weighted by molar-refractivity contribution is -0.138. The quantitative estimate of drug-likeness (QED) is 0.726. The van der Waals surface area contributed by atoms with Gasteiger partial charge in [-0.05, 0) is 12.8 Å². The molecule has 1 amide bonds. The number of nitrogens with two attached hydrogens (primary N) is 1. The zero-order valence-corrected chi connectivity index (χ0v) is 8.56. The van der Waals surface area contributed by atoms with Crippen molar-refractivity contribution in [1.82, 2.24) is 5.32 Å². The fraction of sp³-hybridized carbons (Fsp3) is 0.889. The van der Waals surface area contributed by atoms with E-state index in [1.807, 2.05) is 5.32 Å². The van der Waals surface area contributed by atoms with Gasteiger partial charge < -0.3 is 11.1 Å². The number of amides is 1. The van der Waals surface area contributed by atoms with Gasteiger partial charge in [0.1, 0.15) is 0 Å². The van der Waals surface area contributed by atoms with Crippen molar-refractivity contribution in [1.29, 1.82) is 0 Å². The van der Waals surface area contributed by atoms with Gasteiger partial charge in [-0.25, -0.2) is 8.78 Å². The van der Waals surface area contributed by atoms with Gasteiger partial charge in [0.15, 0.2) is 0 Å². The van der Waals surface area contributed by atoms with E-state index in [0.717, 1.165) is 6.42 Å². The largest absolute Gasteiger partial charge is 0.350 e. The predicted octanol–water partition coefficient (Wildman–Crippen LogP) is 1.13. The van der Waals surface area contributed by atoms with Gasteiger partial charge in [-0.2, -0.15) is 8.78 Å². The van der Waals surface area contributed by atoms with E-state index in [0.29, 0.717) is 12.8 Å². The van der Waals surface area contributed by atoms with Gasteiger partial charge in [-0.15, -0.1) is 0 Å². The molecule has 0 bridgehead atoms. The molecule has 0 aromatic rings. The fourth-order valence-corrected chi connectivity index (χ4v) is 1.73. The van der Waals surface area contributed by atoms with Crippen molar-refractivity contribution in [2.24, 2.45) is 11.7 Å². The zero-order valence-electron chi connectivity index (χ0n) is 8.56. The lowest BCUT2D eigenvalue weighted by Crippen LogP contribution is -2.45. The molecular weight excluding hydrogens is 228 g/mol. The van der Waals surface area contributed by atoms with Gasteiger partial charge in [-0.3, -0.25) is 4.79 Å². The maximum absolute atomic E-state index is 12.5. The van der Waals surface area contributed by atoms with E-state index < -0.39 is 30.7 Å². The Hall–Kier alpha value is -0.850. The molecule has 1 aliphatic carbocycles. The molecule has 0 aromatic carbocycles. The predicted molar refractivity (Wildman–Crippen MR) is 49.3 cm³/mol. The van der Waals surface area contributed by atoms with Gasteiger partial charge in [0, 0.05) is 6.04 Å². The summed E-state index contributed by atoms with van der Waals surface area (Å²) in [7, 11) is 0. The Labute approximate surface area is 90.4 Å². The van der Waals surface area contributed by atoms with Crippen LogP contribution in [0.25, 0.3) is 0 Å². The second kappa shape index (κ2) is 4.99. The van der Waals surface area contributed by atoms with E-state index in [4.69, 9.17) is 5.73 Å². The summed E-state index contributed by atoms with van der Waals surface area (Å²) >= 11 is 0. The second-order valence-electron chi connectivity index (χ2n) is 3.98. The van der Waals surface area contributed by atoms with Crippen LogP contribution in [-0.4, -0.2) is 30.8 Å². The van der Waals surface area contributed by atoms with Crippen molar-refractivity contribution in [2.45, 2.75) is 37.7 Å². The number of carbonyl (C=O) groups excluding carboxylic acids is 1. The van der Waals surface area contributed by atoms with Crippen LogP contribution in [0.15, 0.2) is 0 Å². The molecule has 1 rings (SSSR count). The molecule has 0 spiro atoms. The number of rotatable bonds is 4. The highest BCUT2D eigenvalue weighted by Crippen LogP contribution is 2.25. The van der Waals surface area contributed by atoms with Crippen molar-refractivity contribution in [3.05, 3.63) is 0 Å². The third-order valence-corrected chi connectivity index (χ3v) is 2.72. The van der Waals surface area contributed by atoms with Gasteiger partial charge >= 0.3 is 12.3 Å². The average Bonchev–Trinajstić information content (AvgIpc) is 2.61. The van der Waals surface area contributed by atoms with Crippen molar-refractivity contribution >= 4 is 5.91 Å². The lowest BCUT2D eigenvalue weighted by Gasteiger charge is -2.19. The van der Waals surface area contributed by atoms with Crippen LogP contribution in [0.1, 0.15) is 19.3 Å². The molecule has 0 heterocycles. The number of hydrogen-bond acceptors (Lipinski definition) is 2. The normalized spacial score (nSPS) is 26.1. The number of hydrogen-bond donors (Lipinski definition) is 2. The van der Waals surface area contributed by atoms with Crippen LogP contribution in [0.2, 0.25) is 0 Å². The summed E-state index contributed by atoms with van der Waals surface area (Å²) in [6, 6.07) is -0.361. The molecule has 94 valence electrons. The second-order valence-corrected chi connectivity index (χ2v) is 3.98. The van der Waals surface area contributed by atoms with E-state index in [1.165, 1.54) is 0 Å². The summed E-state index contributed by atoms with van der Waals surface area (Å²) in [6.45, 7) is -1.34. The first-order valence-corrected chi connectivity index (χ1v) is 5.04. The first-order valence-electron chi connectivity index (χ1n) is 5.04. The van der Waals surface area contributed by atoms with Crippen molar-refractivity contribution in [3.63, 3.8) is 0 Å². The summed E-state index contributed by atoms with van der Waals surface area (Å²) in [4.78, 5) is 11.4. The molecule has 0 saturated heterocycles. The Morgan fingerprint density at radius 1 is 1.44 bits per heavy atom. The molecule has 2 unspecified atom stereocenters. The van der Waals surface area contributed by atoms with Crippen LogP contribution < -0.4 is 11.1 Å². The van der Waals surface area contributed by atoms with Crippen LogP contribution in [0.5, 0.6) is 0 Å². The first-order chi connectivity index (χ1) is 7.34. The Morgan fingerprint density at radius 2 is 2.06 bits per heavy atom. The van der Waals surface area contributed by atoms with Crippen LogP contribution in [0.4, 0.5) is 17.6 Å². The van der Waals surface area contributed by atoms with E-state index >= 15 is 0 Å². The van der Waals surface area contributed by atoms with E-state index in [2.05, 4.69) is 0 Å². The molecule has 1 fully saturated rings. The minimum absolute atomic E-state index is 0.361. The molecule has 2 atom stereocenters. The monoisotopic (exact) mass is 242 g/mol. The zero-order chi connectivity index (χ0) is 12.3. The Balaban J connectivity index is 2.41. The van der Waals surface area contributed by atoms with Gasteiger partial charge in [0.05, 0.1) is 12.5 Å². The van der Waals surface area contributed by atoms with Crippen molar-refractivity contribution in [3.8, 4) is 0 Å². The summed E-state index contributed by atoms with van der Waals surface area (Å²) in [5.41, 5.74) is 5.58. The van der Waals surface area contributed by atoms with Crippen molar-refractivity contribution < 1.29 is 22.4 Å². The third-order valence-electron chi connectivity index (χ3n) is 2.72. The Kier molecular flexibility index (Phi) is 4.12. The number of carbonyl (C=O) groups is 1. The molecule has 0 aromatic heterocycles. The van der Waals surface area contributed by atoms with E-state index in [1.54, 1.807) is 0 Å². The van der Waals surface area contributed by atoms with E-state index in [9.17, 15) is 22.4 Å². The Morgan fingerprint density at radius 3 is 2.50 bits per heavy atom. The highest BCUT2D eigenvalue weighted by atomic mass is 19.3. The highest BCUT2D eigenvalue weighted by molar-refractivity contribution is 5.79. The molecule has 1 aliphatic rings. The average molecular weight is 242 g/mol. The standard InChI is InChI=1S/C9H14F4N2O/c10-8(11)9(12,13)4-15-7(16)5-2-1-3-6(5)14/h5-6,8H,1-4,14H2,(H,15,16). The lowest BCUT2D eigenvalue weighted by atomic mass is 10.0. The Bertz CT molecular complexity index is 260. The van der Waals surface area contributed by atoms with Gasteiger partial charge in [-0.1, -0.05) is 6.42 Å². The summed E-state index contributed by atoms with van der Waals surface area (Å²) in [6.07, 6.45) is -1.84.